The molecule has 1 aromatic heterocycles. The van der Waals surface area contributed by atoms with E-state index in [1.807, 2.05) is 44.2 Å². The first-order valence-corrected chi connectivity index (χ1v) is 6.15. The van der Waals surface area contributed by atoms with Gasteiger partial charge in [-0.1, -0.05) is 6.07 Å². The molecule has 0 amide bonds. The molecule has 100 valence electrons. The smallest absolute Gasteiger partial charge is 0.148 e. The number of rotatable bonds is 4. The topological polar surface area (TPSA) is 57.4 Å². The molecule has 0 aliphatic carbocycles. The van der Waals surface area contributed by atoms with Crippen LogP contribution in [0.25, 0.3) is 0 Å². The van der Waals surface area contributed by atoms with Crippen LogP contribution < -0.4 is 15.2 Å². The Bertz CT molecular complexity index is 568. The maximum atomic E-state index is 6.01. The average Bonchev–Trinajstić information content (AvgIpc) is 2.40. The molecule has 0 spiro atoms. The minimum atomic E-state index is -0.178. The molecule has 2 N–H and O–H groups in total. The van der Waals surface area contributed by atoms with Crippen molar-refractivity contribution in [1.82, 2.24) is 4.98 Å². The SMILES string of the molecule is COc1cccc(Oc2cccnc2C)c1[C@@H](C)N. The number of hydrogen-bond acceptors (Lipinski definition) is 4. The van der Waals surface area contributed by atoms with E-state index in [1.165, 1.54) is 0 Å². The molecule has 2 aromatic rings. The van der Waals surface area contributed by atoms with E-state index in [2.05, 4.69) is 4.98 Å². The number of ether oxygens (including phenoxy) is 2. The van der Waals surface area contributed by atoms with Crippen LogP contribution in [0.4, 0.5) is 0 Å². The fourth-order valence-electron chi connectivity index (χ4n) is 1.94. The van der Waals surface area contributed by atoms with Crippen LogP contribution in [0, 0.1) is 6.92 Å². The van der Waals surface area contributed by atoms with Gasteiger partial charge in [0.1, 0.15) is 17.2 Å². The molecule has 0 saturated carbocycles. The molecule has 0 aliphatic heterocycles. The van der Waals surface area contributed by atoms with Crippen molar-refractivity contribution < 1.29 is 9.47 Å². The molecule has 0 fully saturated rings. The Morgan fingerprint density at radius 3 is 2.42 bits per heavy atom. The number of nitrogens with two attached hydrogens (primary N) is 1. The summed E-state index contributed by atoms with van der Waals surface area (Å²) in [5.41, 5.74) is 7.70. The van der Waals surface area contributed by atoms with Gasteiger partial charge in [0.25, 0.3) is 0 Å². The summed E-state index contributed by atoms with van der Waals surface area (Å²) in [5.74, 6) is 2.15. The molecular formula is C15H18N2O2. The van der Waals surface area contributed by atoms with Crippen LogP contribution in [0.2, 0.25) is 0 Å². The van der Waals surface area contributed by atoms with Crippen molar-refractivity contribution >= 4 is 0 Å². The number of benzene rings is 1. The summed E-state index contributed by atoms with van der Waals surface area (Å²) < 4.78 is 11.3. The molecule has 0 saturated heterocycles. The molecular weight excluding hydrogens is 240 g/mol. The van der Waals surface area contributed by atoms with Crippen molar-refractivity contribution in [3.8, 4) is 17.2 Å². The fourth-order valence-corrected chi connectivity index (χ4v) is 1.94. The second-order valence-electron chi connectivity index (χ2n) is 4.35. The first kappa shape index (κ1) is 13.4. The summed E-state index contributed by atoms with van der Waals surface area (Å²) in [4.78, 5) is 4.20. The lowest BCUT2D eigenvalue weighted by molar-refractivity contribution is 0.397. The van der Waals surface area contributed by atoms with E-state index in [-0.39, 0.29) is 6.04 Å². The van der Waals surface area contributed by atoms with Gasteiger partial charge in [0, 0.05) is 12.2 Å². The van der Waals surface area contributed by atoms with Gasteiger partial charge in [0.05, 0.1) is 18.4 Å². The number of pyridine rings is 1. The number of nitrogens with zero attached hydrogens (tertiary/aromatic N) is 1. The van der Waals surface area contributed by atoms with E-state index in [9.17, 15) is 0 Å². The Balaban J connectivity index is 2.43. The maximum Gasteiger partial charge on any atom is 0.148 e. The minimum Gasteiger partial charge on any atom is -0.496 e. The largest absolute Gasteiger partial charge is 0.496 e. The maximum absolute atomic E-state index is 6.01. The van der Waals surface area contributed by atoms with Crippen molar-refractivity contribution in [3.63, 3.8) is 0 Å². The van der Waals surface area contributed by atoms with Crippen molar-refractivity contribution in [2.24, 2.45) is 5.73 Å². The average molecular weight is 258 g/mol. The summed E-state index contributed by atoms with van der Waals surface area (Å²) >= 11 is 0. The predicted octanol–water partition coefficient (Wildman–Crippen LogP) is 3.21. The lowest BCUT2D eigenvalue weighted by atomic mass is 10.1. The molecule has 4 nitrogen and oxygen atoms in total. The van der Waals surface area contributed by atoms with Crippen LogP contribution in [0.5, 0.6) is 17.2 Å². The van der Waals surface area contributed by atoms with Gasteiger partial charge >= 0.3 is 0 Å². The number of methoxy groups -OCH3 is 1. The Labute approximate surface area is 113 Å². The van der Waals surface area contributed by atoms with Crippen LogP contribution in [0.3, 0.4) is 0 Å². The summed E-state index contributed by atoms with van der Waals surface area (Å²) in [5, 5.41) is 0. The molecule has 19 heavy (non-hydrogen) atoms. The zero-order chi connectivity index (χ0) is 13.8. The van der Waals surface area contributed by atoms with Gasteiger partial charge < -0.3 is 15.2 Å². The minimum absolute atomic E-state index is 0.178. The van der Waals surface area contributed by atoms with E-state index >= 15 is 0 Å². The highest BCUT2D eigenvalue weighted by atomic mass is 16.5. The van der Waals surface area contributed by atoms with E-state index in [0.717, 1.165) is 22.8 Å². The van der Waals surface area contributed by atoms with Crippen LogP contribution in [0.1, 0.15) is 24.2 Å². The van der Waals surface area contributed by atoms with Gasteiger partial charge in [0.15, 0.2) is 0 Å². The standard InChI is InChI=1S/C15H18N2O2/c1-10(16)15-13(18-3)6-4-7-14(15)19-12-8-5-9-17-11(12)2/h4-10H,16H2,1-3H3/t10-/m1/s1. The van der Waals surface area contributed by atoms with Gasteiger partial charge in [-0.05, 0) is 38.1 Å². The van der Waals surface area contributed by atoms with E-state index < -0.39 is 0 Å². The zero-order valence-corrected chi connectivity index (χ0v) is 11.4. The summed E-state index contributed by atoms with van der Waals surface area (Å²) in [6.07, 6.45) is 1.74. The highest BCUT2D eigenvalue weighted by Crippen LogP contribution is 2.35. The van der Waals surface area contributed by atoms with E-state index in [0.29, 0.717) is 5.75 Å². The van der Waals surface area contributed by atoms with Crippen molar-refractivity contribution in [2.75, 3.05) is 7.11 Å². The number of aromatic nitrogens is 1. The molecule has 1 heterocycles. The van der Waals surface area contributed by atoms with Crippen LogP contribution >= 0.6 is 0 Å². The van der Waals surface area contributed by atoms with Gasteiger partial charge in [-0.15, -0.1) is 0 Å². The predicted molar refractivity (Wildman–Crippen MR) is 74.6 cm³/mol. The fraction of sp³-hybridized carbons (Fsp3) is 0.267. The Morgan fingerprint density at radius 1 is 1.11 bits per heavy atom. The second-order valence-corrected chi connectivity index (χ2v) is 4.35. The Hall–Kier alpha value is -2.07. The second kappa shape index (κ2) is 5.71. The van der Waals surface area contributed by atoms with Crippen LogP contribution in [0.15, 0.2) is 36.5 Å². The first-order chi connectivity index (χ1) is 9.13. The lowest BCUT2D eigenvalue weighted by Crippen LogP contribution is -2.09. The molecule has 2 rings (SSSR count). The van der Waals surface area contributed by atoms with Gasteiger partial charge in [-0.2, -0.15) is 0 Å². The Morgan fingerprint density at radius 2 is 1.79 bits per heavy atom. The molecule has 1 aromatic carbocycles. The quantitative estimate of drug-likeness (QED) is 0.914. The monoisotopic (exact) mass is 258 g/mol. The third-order valence-corrected chi connectivity index (χ3v) is 2.88. The summed E-state index contributed by atoms with van der Waals surface area (Å²) in [6.45, 7) is 3.81. The normalized spacial score (nSPS) is 12.0. The van der Waals surface area contributed by atoms with Crippen molar-refractivity contribution in [3.05, 3.63) is 47.8 Å². The third-order valence-electron chi connectivity index (χ3n) is 2.88. The number of hydrogen-bond donors (Lipinski definition) is 1. The molecule has 1 atom stereocenters. The van der Waals surface area contributed by atoms with Gasteiger partial charge in [-0.25, -0.2) is 0 Å². The molecule has 4 heteroatoms. The third kappa shape index (κ3) is 2.85. The van der Waals surface area contributed by atoms with Crippen molar-refractivity contribution in [2.45, 2.75) is 19.9 Å². The van der Waals surface area contributed by atoms with E-state index in [1.54, 1.807) is 13.3 Å². The molecule has 0 bridgehead atoms. The molecule has 0 radical (unpaired) electrons. The van der Waals surface area contributed by atoms with Crippen LogP contribution in [-0.2, 0) is 0 Å². The lowest BCUT2D eigenvalue weighted by Gasteiger charge is -2.17. The Kier molecular flexibility index (Phi) is 4.02. The summed E-state index contributed by atoms with van der Waals surface area (Å²) in [6, 6.07) is 9.19. The first-order valence-electron chi connectivity index (χ1n) is 6.15. The molecule has 0 unspecified atom stereocenters. The zero-order valence-electron chi connectivity index (χ0n) is 11.4. The van der Waals surface area contributed by atoms with Crippen molar-refractivity contribution in [1.29, 1.82) is 0 Å². The molecule has 0 aliphatic rings. The number of aryl methyl sites for hydroxylation is 1. The van der Waals surface area contributed by atoms with Gasteiger partial charge in [0.2, 0.25) is 0 Å². The van der Waals surface area contributed by atoms with Crippen LogP contribution in [-0.4, -0.2) is 12.1 Å². The summed E-state index contributed by atoms with van der Waals surface area (Å²) in [7, 11) is 1.63. The highest BCUT2D eigenvalue weighted by molar-refractivity contribution is 5.48. The van der Waals surface area contributed by atoms with E-state index in [4.69, 9.17) is 15.2 Å². The highest BCUT2D eigenvalue weighted by Gasteiger charge is 2.15. The van der Waals surface area contributed by atoms with Gasteiger partial charge in [-0.3, -0.25) is 4.98 Å².